The van der Waals surface area contributed by atoms with Crippen molar-refractivity contribution in [3.05, 3.63) is 71.8 Å². The Kier molecular flexibility index (Phi) is 6.35. The molecular formula is C18H20O6S2. The van der Waals surface area contributed by atoms with E-state index in [1.165, 1.54) is 36.4 Å². The summed E-state index contributed by atoms with van der Waals surface area (Å²) in [4.78, 5) is -0.178. The Labute approximate surface area is 154 Å². The highest BCUT2D eigenvalue weighted by Gasteiger charge is 2.26. The summed E-state index contributed by atoms with van der Waals surface area (Å²) in [5.41, 5.74) is 1.76. The fourth-order valence-electron chi connectivity index (χ4n) is 2.01. The van der Waals surface area contributed by atoms with Crippen LogP contribution in [0.4, 0.5) is 0 Å². The van der Waals surface area contributed by atoms with Gasteiger partial charge in [-0.25, -0.2) is 8.37 Å². The molecule has 0 saturated carbocycles. The zero-order chi connectivity index (χ0) is 19.4. The summed E-state index contributed by atoms with van der Waals surface area (Å²) >= 11 is 0. The lowest BCUT2D eigenvalue weighted by atomic mass is 10.2. The van der Waals surface area contributed by atoms with Crippen LogP contribution in [0, 0.1) is 13.8 Å². The molecule has 0 heterocycles. The second kappa shape index (κ2) is 8.13. The van der Waals surface area contributed by atoms with E-state index in [9.17, 15) is 16.8 Å². The summed E-state index contributed by atoms with van der Waals surface area (Å²) in [6.45, 7) is 5.23. The van der Waals surface area contributed by atoms with Crippen LogP contribution < -0.4 is 0 Å². The maximum absolute atomic E-state index is 12.4. The van der Waals surface area contributed by atoms with Crippen molar-refractivity contribution in [1.29, 1.82) is 0 Å². The Morgan fingerprint density at radius 2 is 1.08 bits per heavy atom. The smallest absolute Gasteiger partial charge is 0.229 e. The van der Waals surface area contributed by atoms with Gasteiger partial charge < -0.3 is 0 Å². The van der Waals surface area contributed by atoms with Crippen LogP contribution in [-0.4, -0.2) is 23.1 Å². The molecule has 0 aliphatic heterocycles. The van der Waals surface area contributed by atoms with Gasteiger partial charge >= 0.3 is 0 Å². The van der Waals surface area contributed by atoms with Gasteiger partial charge in [-0.05, 0) is 51.1 Å². The van der Waals surface area contributed by atoms with Crippen LogP contribution in [0.3, 0.4) is 0 Å². The lowest BCUT2D eigenvalue weighted by Crippen LogP contribution is -2.23. The quantitative estimate of drug-likeness (QED) is 0.405. The van der Waals surface area contributed by atoms with Gasteiger partial charge in [-0.15, -0.1) is 0 Å². The molecule has 0 amide bonds. The minimum Gasteiger partial charge on any atom is -0.229 e. The first kappa shape index (κ1) is 20.3. The number of rotatable bonds is 7. The van der Waals surface area contributed by atoms with E-state index in [0.29, 0.717) is 0 Å². The first-order valence-electron chi connectivity index (χ1n) is 7.77. The molecule has 0 spiro atoms. The molecule has 2 aromatic rings. The molecule has 140 valence electrons. The number of aryl methyl sites for hydroxylation is 2. The number of hydrogen-bond donors (Lipinski definition) is 0. The lowest BCUT2D eigenvalue weighted by molar-refractivity contribution is 0.0595. The molecule has 0 aromatic heterocycles. The predicted molar refractivity (Wildman–Crippen MR) is 97.5 cm³/mol. The summed E-state index contributed by atoms with van der Waals surface area (Å²) in [7, 11) is -8.40. The molecule has 0 N–H and O–H groups in total. The Morgan fingerprint density at radius 3 is 1.38 bits per heavy atom. The third-order valence-corrected chi connectivity index (χ3v) is 6.00. The summed E-state index contributed by atoms with van der Waals surface area (Å²) in [6.07, 6.45) is 1.04. The fraction of sp³-hybridized carbons (Fsp3) is 0.222. The molecular weight excluding hydrogens is 376 g/mol. The van der Waals surface area contributed by atoms with E-state index in [-0.39, 0.29) is 9.79 Å². The van der Waals surface area contributed by atoms with Crippen molar-refractivity contribution in [3.63, 3.8) is 0 Å². The molecule has 0 atom stereocenters. The number of hydrogen-bond acceptors (Lipinski definition) is 6. The van der Waals surface area contributed by atoms with E-state index in [1.807, 2.05) is 13.8 Å². The molecule has 8 heteroatoms. The Balaban J connectivity index is 2.26. The maximum atomic E-state index is 12.4. The van der Waals surface area contributed by atoms with Crippen molar-refractivity contribution in [3.8, 4) is 0 Å². The average Bonchev–Trinajstić information content (AvgIpc) is 2.55. The molecule has 0 aliphatic rings. The topological polar surface area (TPSA) is 86.7 Å². The van der Waals surface area contributed by atoms with Crippen molar-refractivity contribution in [1.82, 2.24) is 0 Å². The molecule has 0 radical (unpaired) electrons. The third kappa shape index (κ3) is 5.25. The van der Waals surface area contributed by atoms with Crippen molar-refractivity contribution in [2.45, 2.75) is 36.9 Å². The van der Waals surface area contributed by atoms with Gasteiger partial charge in [0.1, 0.15) is 0 Å². The first-order chi connectivity index (χ1) is 12.1. The zero-order valence-electron chi connectivity index (χ0n) is 14.6. The highest BCUT2D eigenvalue weighted by molar-refractivity contribution is 7.87. The van der Waals surface area contributed by atoms with Gasteiger partial charge in [0.15, 0.2) is 0 Å². The lowest BCUT2D eigenvalue weighted by Gasteiger charge is -2.15. The zero-order valence-corrected chi connectivity index (χ0v) is 16.2. The minimum atomic E-state index is -4.20. The Bertz CT molecular complexity index is 895. The van der Waals surface area contributed by atoms with Crippen LogP contribution in [0.25, 0.3) is 0 Å². The van der Waals surface area contributed by atoms with Gasteiger partial charge in [0.25, 0.3) is 20.2 Å². The van der Waals surface area contributed by atoms with Gasteiger partial charge in [0.2, 0.25) is 6.29 Å². The second-order valence-corrected chi connectivity index (χ2v) is 8.77. The van der Waals surface area contributed by atoms with E-state index in [0.717, 1.165) is 11.1 Å². The van der Waals surface area contributed by atoms with Crippen molar-refractivity contribution >= 4 is 20.2 Å². The average molecular weight is 396 g/mol. The third-order valence-electron chi connectivity index (χ3n) is 3.41. The molecule has 0 unspecified atom stereocenters. The fourth-order valence-corrected chi connectivity index (χ4v) is 3.93. The molecule has 0 saturated heterocycles. The number of benzene rings is 2. The van der Waals surface area contributed by atoms with Crippen LogP contribution in [0.5, 0.6) is 0 Å². The van der Waals surface area contributed by atoms with Gasteiger partial charge in [-0.3, -0.25) is 0 Å². The van der Waals surface area contributed by atoms with Gasteiger partial charge in [0.05, 0.1) is 9.79 Å². The highest BCUT2D eigenvalue weighted by Crippen LogP contribution is 2.20. The van der Waals surface area contributed by atoms with Crippen LogP contribution in [0.2, 0.25) is 0 Å². The van der Waals surface area contributed by atoms with E-state index in [2.05, 4.69) is 0 Å². The van der Waals surface area contributed by atoms with Gasteiger partial charge in [-0.1, -0.05) is 41.5 Å². The second-order valence-electron chi connectivity index (χ2n) is 5.62. The molecule has 0 fully saturated rings. The van der Waals surface area contributed by atoms with Crippen LogP contribution >= 0.6 is 0 Å². The van der Waals surface area contributed by atoms with E-state index in [1.54, 1.807) is 31.2 Å². The monoisotopic (exact) mass is 396 g/mol. The molecule has 26 heavy (non-hydrogen) atoms. The summed E-state index contributed by atoms with van der Waals surface area (Å²) in [5.74, 6) is 0. The Hall–Kier alpha value is -2.00. The van der Waals surface area contributed by atoms with Crippen LogP contribution in [-0.2, 0) is 28.6 Å². The normalized spacial score (nSPS) is 12.8. The van der Waals surface area contributed by atoms with Crippen LogP contribution in [0.1, 0.15) is 18.1 Å². The molecule has 2 rings (SSSR count). The SMILES string of the molecule is CC=CC(OS(=O)(=O)c1ccc(C)cc1)OS(=O)(=O)c1ccc(C)cc1. The summed E-state index contributed by atoms with van der Waals surface area (Å²) in [6, 6.07) is 12.0. The van der Waals surface area contributed by atoms with E-state index < -0.39 is 26.5 Å². The molecule has 2 aromatic carbocycles. The van der Waals surface area contributed by atoms with E-state index in [4.69, 9.17) is 8.37 Å². The van der Waals surface area contributed by atoms with Crippen LogP contribution in [0.15, 0.2) is 70.5 Å². The molecule has 0 aliphatic carbocycles. The minimum absolute atomic E-state index is 0.0889. The largest absolute Gasteiger partial charge is 0.299 e. The standard InChI is InChI=1S/C18H20O6S2/c1-4-5-18(23-25(19,20)16-10-6-14(2)7-11-16)24-26(21,22)17-12-8-15(3)9-13-17/h4-13,18H,1-3H3. The van der Waals surface area contributed by atoms with Gasteiger partial charge in [0, 0.05) is 0 Å². The predicted octanol–water partition coefficient (Wildman–Crippen LogP) is 3.32. The molecule has 0 bridgehead atoms. The van der Waals surface area contributed by atoms with Crippen molar-refractivity contribution in [2.75, 3.05) is 0 Å². The molecule has 6 nitrogen and oxygen atoms in total. The summed E-state index contributed by atoms with van der Waals surface area (Å²) in [5, 5.41) is 0. The van der Waals surface area contributed by atoms with Crippen molar-refractivity contribution in [2.24, 2.45) is 0 Å². The Morgan fingerprint density at radius 1 is 0.731 bits per heavy atom. The van der Waals surface area contributed by atoms with Crippen molar-refractivity contribution < 1.29 is 25.2 Å². The first-order valence-corrected chi connectivity index (χ1v) is 10.6. The summed E-state index contributed by atoms with van der Waals surface area (Å²) < 4.78 is 59.4. The van der Waals surface area contributed by atoms with Gasteiger partial charge in [-0.2, -0.15) is 16.8 Å². The number of allylic oxidation sites excluding steroid dienone is 1. The maximum Gasteiger partial charge on any atom is 0.299 e. The van der Waals surface area contributed by atoms with E-state index >= 15 is 0 Å². The highest BCUT2D eigenvalue weighted by atomic mass is 32.2.